The lowest BCUT2D eigenvalue weighted by Crippen LogP contribution is -2.27. The lowest BCUT2D eigenvalue weighted by molar-refractivity contribution is -0.151. The van der Waals surface area contributed by atoms with Crippen molar-refractivity contribution >= 4 is 23.6 Å². The highest BCUT2D eigenvalue weighted by molar-refractivity contribution is 5.91. The highest BCUT2D eigenvalue weighted by atomic mass is 16.6. The molecule has 1 N–H and O–H groups in total. The van der Waals surface area contributed by atoms with Gasteiger partial charge in [0.2, 0.25) is 0 Å². The van der Waals surface area contributed by atoms with E-state index < -0.39 is 18.0 Å². The van der Waals surface area contributed by atoms with Gasteiger partial charge in [-0.3, -0.25) is 4.79 Å². The molecule has 0 aliphatic rings. The molecule has 0 heterocycles. The third-order valence-corrected chi connectivity index (χ3v) is 6.32. The third kappa shape index (κ3) is 14.7. The molecule has 1 aromatic carbocycles. The Bertz CT molecular complexity index is 734. The maximum absolute atomic E-state index is 12.2. The molecule has 0 fully saturated rings. The topological polar surface area (TPSA) is 90.9 Å². The Morgan fingerprint density at radius 2 is 1.22 bits per heavy atom. The molecule has 0 bridgehead atoms. The van der Waals surface area contributed by atoms with E-state index >= 15 is 0 Å². The SMILES string of the molecule is CCC(OC(=O)c1ccc(NCCCCCCCCCCCCCCCC(=O)OC)cc1)C(=O)OC. The molecular weight excluding hydrogens is 458 g/mol. The van der Waals surface area contributed by atoms with E-state index in [0.29, 0.717) is 18.4 Å². The zero-order valence-corrected chi connectivity index (χ0v) is 22.6. The molecular formula is C29H47NO6. The number of ether oxygens (including phenoxy) is 3. The highest BCUT2D eigenvalue weighted by Gasteiger charge is 2.22. The number of unbranched alkanes of at least 4 members (excludes halogenated alkanes) is 12. The van der Waals surface area contributed by atoms with E-state index in [2.05, 4.69) is 14.8 Å². The van der Waals surface area contributed by atoms with Crippen molar-refractivity contribution in [2.24, 2.45) is 0 Å². The van der Waals surface area contributed by atoms with Crippen LogP contribution in [0, 0.1) is 0 Å². The van der Waals surface area contributed by atoms with Gasteiger partial charge < -0.3 is 19.5 Å². The van der Waals surface area contributed by atoms with E-state index in [1.54, 1.807) is 19.1 Å². The Kier molecular flexibility index (Phi) is 18.0. The zero-order chi connectivity index (χ0) is 26.4. The van der Waals surface area contributed by atoms with Gasteiger partial charge in [0.25, 0.3) is 0 Å². The quantitative estimate of drug-likeness (QED) is 0.111. The summed E-state index contributed by atoms with van der Waals surface area (Å²) >= 11 is 0. The molecule has 0 saturated heterocycles. The van der Waals surface area contributed by atoms with Crippen LogP contribution in [0.1, 0.15) is 114 Å². The van der Waals surface area contributed by atoms with Crippen LogP contribution in [0.3, 0.4) is 0 Å². The largest absolute Gasteiger partial charge is 0.469 e. The van der Waals surface area contributed by atoms with Gasteiger partial charge in [-0.05, 0) is 43.5 Å². The molecule has 0 spiro atoms. The summed E-state index contributed by atoms with van der Waals surface area (Å²) in [7, 11) is 2.73. The maximum atomic E-state index is 12.2. The van der Waals surface area contributed by atoms with Crippen molar-refractivity contribution in [1.82, 2.24) is 0 Å². The Labute approximate surface area is 217 Å². The fraction of sp³-hybridized carbons (Fsp3) is 0.690. The van der Waals surface area contributed by atoms with Crippen molar-refractivity contribution in [3.8, 4) is 0 Å². The van der Waals surface area contributed by atoms with Crippen molar-refractivity contribution < 1.29 is 28.6 Å². The molecule has 0 aliphatic carbocycles. The summed E-state index contributed by atoms with van der Waals surface area (Å²) in [6, 6.07) is 7.13. The van der Waals surface area contributed by atoms with Crippen molar-refractivity contribution in [2.45, 2.75) is 109 Å². The van der Waals surface area contributed by atoms with E-state index in [-0.39, 0.29) is 5.97 Å². The minimum absolute atomic E-state index is 0.0953. The van der Waals surface area contributed by atoms with Gasteiger partial charge in [0.15, 0.2) is 6.10 Å². The van der Waals surface area contributed by atoms with Crippen LogP contribution in [0.4, 0.5) is 5.69 Å². The summed E-state index contributed by atoms with van der Waals surface area (Å²) in [5, 5.41) is 3.39. The Morgan fingerprint density at radius 3 is 1.69 bits per heavy atom. The predicted molar refractivity (Wildman–Crippen MR) is 143 cm³/mol. The summed E-state index contributed by atoms with van der Waals surface area (Å²) in [5.74, 6) is -1.16. The molecule has 0 aromatic heterocycles. The minimum atomic E-state index is -0.873. The first kappa shape index (κ1) is 31.5. The highest BCUT2D eigenvalue weighted by Crippen LogP contribution is 2.15. The zero-order valence-electron chi connectivity index (χ0n) is 22.6. The third-order valence-electron chi connectivity index (χ3n) is 6.32. The van der Waals surface area contributed by atoms with E-state index in [1.165, 1.54) is 78.4 Å². The lowest BCUT2D eigenvalue weighted by Gasteiger charge is -2.14. The first-order chi connectivity index (χ1) is 17.5. The first-order valence-electron chi connectivity index (χ1n) is 13.7. The fourth-order valence-corrected chi connectivity index (χ4v) is 4.02. The van der Waals surface area contributed by atoms with E-state index in [0.717, 1.165) is 31.5 Å². The summed E-state index contributed by atoms with van der Waals surface area (Å²) in [5.41, 5.74) is 1.38. The molecule has 0 aliphatic heterocycles. The smallest absolute Gasteiger partial charge is 0.347 e. The van der Waals surface area contributed by atoms with Crippen LogP contribution >= 0.6 is 0 Å². The second-order valence-corrected chi connectivity index (χ2v) is 9.25. The Hall–Kier alpha value is -2.57. The van der Waals surface area contributed by atoms with Gasteiger partial charge in [-0.1, -0.05) is 77.6 Å². The molecule has 1 atom stereocenters. The molecule has 204 valence electrons. The normalized spacial score (nSPS) is 11.5. The first-order valence-corrected chi connectivity index (χ1v) is 13.7. The van der Waals surface area contributed by atoms with Gasteiger partial charge in [0.1, 0.15) is 0 Å². The number of carbonyl (C=O) groups is 3. The average molecular weight is 506 g/mol. The Balaban J connectivity index is 1.98. The van der Waals surface area contributed by atoms with E-state index in [1.807, 2.05) is 12.1 Å². The molecule has 0 amide bonds. The number of rotatable bonds is 21. The van der Waals surface area contributed by atoms with Gasteiger partial charge in [-0.2, -0.15) is 0 Å². The monoisotopic (exact) mass is 505 g/mol. The molecule has 1 unspecified atom stereocenters. The fourth-order valence-electron chi connectivity index (χ4n) is 4.02. The number of nitrogens with one attached hydrogen (secondary N) is 1. The van der Waals surface area contributed by atoms with Crippen LogP contribution < -0.4 is 5.32 Å². The van der Waals surface area contributed by atoms with Gasteiger partial charge in [-0.15, -0.1) is 0 Å². The van der Waals surface area contributed by atoms with Crippen molar-refractivity contribution in [2.75, 3.05) is 26.1 Å². The maximum Gasteiger partial charge on any atom is 0.347 e. The summed E-state index contributed by atoms with van der Waals surface area (Å²) in [6.07, 6.45) is 16.1. The predicted octanol–water partition coefficient (Wildman–Crippen LogP) is 6.84. The van der Waals surface area contributed by atoms with Gasteiger partial charge in [-0.25, -0.2) is 9.59 Å². The summed E-state index contributed by atoms with van der Waals surface area (Å²) in [6.45, 7) is 2.67. The van der Waals surface area contributed by atoms with E-state index in [4.69, 9.17) is 4.74 Å². The van der Waals surface area contributed by atoms with Gasteiger partial charge in [0.05, 0.1) is 19.8 Å². The molecule has 0 radical (unpaired) electrons. The number of hydrogen-bond acceptors (Lipinski definition) is 7. The number of carbonyl (C=O) groups excluding carboxylic acids is 3. The Morgan fingerprint density at radius 1 is 0.722 bits per heavy atom. The standard InChI is InChI=1S/C29H47NO6/c1-4-26(29(33)35-3)36-28(32)24-19-21-25(22-20-24)30-23-17-15-13-11-9-7-5-6-8-10-12-14-16-18-27(31)34-2/h19-22,26,30H,4-18,23H2,1-3H3. The van der Waals surface area contributed by atoms with Crippen LogP contribution in [0.5, 0.6) is 0 Å². The van der Waals surface area contributed by atoms with Crippen LogP contribution in [0.2, 0.25) is 0 Å². The molecule has 0 saturated carbocycles. The van der Waals surface area contributed by atoms with Crippen LogP contribution in [0.15, 0.2) is 24.3 Å². The molecule has 7 heteroatoms. The molecule has 7 nitrogen and oxygen atoms in total. The average Bonchev–Trinajstić information content (AvgIpc) is 2.90. The van der Waals surface area contributed by atoms with Gasteiger partial charge >= 0.3 is 17.9 Å². The van der Waals surface area contributed by atoms with E-state index in [9.17, 15) is 14.4 Å². The van der Waals surface area contributed by atoms with Crippen LogP contribution in [0.25, 0.3) is 0 Å². The van der Waals surface area contributed by atoms with Crippen molar-refractivity contribution in [1.29, 1.82) is 0 Å². The number of anilines is 1. The lowest BCUT2D eigenvalue weighted by atomic mass is 10.0. The minimum Gasteiger partial charge on any atom is -0.469 e. The second-order valence-electron chi connectivity index (χ2n) is 9.25. The summed E-state index contributed by atoms with van der Waals surface area (Å²) < 4.78 is 14.5. The molecule has 1 aromatic rings. The number of hydrogen-bond donors (Lipinski definition) is 1. The van der Waals surface area contributed by atoms with Crippen LogP contribution in [-0.2, 0) is 23.8 Å². The number of methoxy groups -OCH3 is 2. The second kappa shape index (κ2) is 20.6. The summed E-state index contributed by atoms with van der Waals surface area (Å²) in [4.78, 5) is 34.8. The van der Waals surface area contributed by atoms with Crippen molar-refractivity contribution in [3.05, 3.63) is 29.8 Å². The number of esters is 3. The molecule has 36 heavy (non-hydrogen) atoms. The van der Waals surface area contributed by atoms with Crippen LogP contribution in [-0.4, -0.2) is 44.8 Å². The molecule has 1 rings (SSSR count). The van der Waals surface area contributed by atoms with Crippen molar-refractivity contribution in [3.63, 3.8) is 0 Å². The van der Waals surface area contributed by atoms with Gasteiger partial charge in [0, 0.05) is 18.7 Å². The number of benzene rings is 1.